The van der Waals surface area contributed by atoms with Crippen molar-refractivity contribution in [1.82, 2.24) is 0 Å². The molecule has 4 nitrogen and oxygen atoms in total. The predicted octanol–water partition coefficient (Wildman–Crippen LogP) is 4.45. The Labute approximate surface area is 141 Å². The second-order valence-electron chi connectivity index (χ2n) is 4.39. The van der Waals surface area contributed by atoms with E-state index in [4.69, 9.17) is 28.9 Å². The molecule has 2 aromatic rings. The summed E-state index contributed by atoms with van der Waals surface area (Å²) in [5.41, 5.74) is 7.38. The molecule has 0 radical (unpaired) electrons. The van der Waals surface area contributed by atoms with Crippen LogP contribution < -0.4 is 10.5 Å². The van der Waals surface area contributed by atoms with Crippen LogP contribution in [0.1, 0.15) is 5.56 Å². The molecule has 112 valence electrons. The highest BCUT2D eigenvalue weighted by molar-refractivity contribution is 9.10. The zero-order valence-corrected chi connectivity index (χ0v) is 14.7. The van der Waals surface area contributed by atoms with E-state index in [9.17, 15) is 8.42 Å². The second kappa shape index (κ2) is 6.04. The molecule has 0 aliphatic heterocycles. The van der Waals surface area contributed by atoms with Gasteiger partial charge in [0.15, 0.2) is 0 Å². The average Bonchev–Trinajstić information content (AvgIpc) is 2.37. The number of nitrogens with one attached hydrogen (secondary N) is 1. The van der Waals surface area contributed by atoms with E-state index in [-0.39, 0.29) is 20.6 Å². The zero-order chi connectivity index (χ0) is 15.8. The van der Waals surface area contributed by atoms with E-state index >= 15 is 0 Å². The minimum atomic E-state index is -3.81. The van der Waals surface area contributed by atoms with Crippen LogP contribution in [-0.4, -0.2) is 8.42 Å². The van der Waals surface area contributed by atoms with Crippen molar-refractivity contribution in [2.24, 2.45) is 0 Å². The van der Waals surface area contributed by atoms with Crippen LogP contribution in [0.2, 0.25) is 10.0 Å². The smallest absolute Gasteiger partial charge is 0.262 e. The number of hydrogen-bond donors (Lipinski definition) is 2. The molecule has 2 rings (SSSR count). The summed E-state index contributed by atoms with van der Waals surface area (Å²) in [5.74, 6) is 0. The van der Waals surface area contributed by atoms with Crippen LogP contribution in [0.15, 0.2) is 39.7 Å². The van der Waals surface area contributed by atoms with Gasteiger partial charge in [-0.3, -0.25) is 4.72 Å². The van der Waals surface area contributed by atoms with Crippen LogP contribution in [0.4, 0.5) is 11.4 Å². The monoisotopic (exact) mass is 408 g/mol. The number of aryl methyl sites for hydroxylation is 1. The van der Waals surface area contributed by atoms with Crippen LogP contribution in [0.5, 0.6) is 0 Å². The predicted molar refractivity (Wildman–Crippen MR) is 90.6 cm³/mol. The molecule has 0 aromatic heterocycles. The van der Waals surface area contributed by atoms with Crippen LogP contribution >= 0.6 is 39.1 Å². The van der Waals surface area contributed by atoms with Gasteiger partial charge in [0.05, 0.1) is 26.3 Å². The Morgan fingerprint density at radius 3 is 2.38 bits per heavy atom. The lowest BCUT2D eigenvalue weighted by Crippen LogP contribution is -2.14. The SMILES string of the molecule is Cc1cc(N)c(NS(=O)(=O)c2ccc(Cl)c(Cl)c2)c(Br)c1. The number of sulfonamides is 1. The van der Waals surface area contributed by atoms with Gasteiger partial charge in [-0.25, -0.2) is 8.42 Å². The van der Waals surface area contributed by atoms with Crippen molar-refractivity contribution in [3.8, 4) is 0 Å². The van der Waals surface area contributed by atoms with Crippen LogP contribution in [-0.2, 0) is 10.0 Å². The molecule has 0 unspecified atom stereocenters. The van der Waals surface area contributed by atoms with Crippen molar-refractivity contribution in [3.05, 3.63) is 50.4 Å². The Kier molecular flexibility index (Phi) is 4.72. The molecule has 8 heteroatoms. The normalized spacial score (nSPS) is 11.4. The lowest BCUT2D eigenvalue weighted by molar-refractivity contribution is 0.601. The number of anilines is 2. The standard InChI is InChI=1S/C13H11BrCl2N2O2S/c1-7-4-9(14)13(12(17)5-7)18-21(19,20)8-2-3-10(15)11(16)6-8/h2-6,18H,17H2,1H3. The molecular weight excluding hydrogens is 399 g/mol. The first-order valence-corrected chi connectivity index (χ1v) is 8.77. The first-order valence-electron chi connectivity index (χ1n) is 5.74. The van der Waals surface area contributed by atoms with Gasteiger partial charge < -0.3 is 5.73 Å². The molecule has 0 atom stereocenters. The molecule has 0 saturated carbocycles. The van der Waals surface area contributed by atoms with Crippen LogP contribution in [0.25, 0.3) is 0 Å². The first kappa shape index (κ1) is 16.4. The topological polar surface area (TPSA) is 72.2 Å². The van der Waals surface area contributed by atoms with Crippen LogP contribution in [0.3, 0.4) is 0 Å². The Morgan fingerprint density at radius 2 is 1.81 bits per heavy atom. The molecule has 0 aliphatic rings. The summed E-state index contributed by atoms with van der Waals surface area (Å²) in [4.78, 5) is 0.00350. The van der Waals surface area contributed by atoms with E-state index in [0.29, 0.717) is 10.2 Å². The summed E-state index contributed by atoms with van der Waals surface area (Å²) in [5, 5.41) is 0.446. The first-order chi connectivity index (χ1) is 9.70. The van der Waals surface area contributed by atoms with Crippen LogP contribution in [0, 0.1) is 6.92 Å². The minimum absolute atomic E-state index is 0.00350. The van der Waals surface area contributed by atoms with E-state index in [1.54, 1.807) is 12.1 Å². The van der Waals surface area contributed by atoms with Gasteiger partial charge in [0, 0.05) is 4.47 Å². The lowest BCUT2D eigenvalue weighted by Gasteiger charge is -2.13. The largest absolute Gasteiger partial charge is 0.397 e. The van der Waals surface area contributed by atoms with Gasteiger partial charge in [0.25, 0.3) is 10.0 Å². The van der Waals surface area contributed by atoms with Crippen molar-refractivity contribution < 1.29 is 8.42 Å². The highest BCUT2D eigenvalue weighted by atomic mass is 79.9. The Morgan fingerprint density at radius 1 is 1.14 bits per heavy atom. The third kappa shape index (κ3) is 3.63. The highest BCUT2D eigenvalue weighted by Crippen LogP contribution is 2.33. The zero-order valence-electron chi connectivity index (χ0n) is 10.8. The number of halogens is 3. The Balaban J connectivity index is 2.44. The maximum Gasteiger partial charge on any atom is 0.262 e. The van der Waals surface area contributed by atoms with Crippen molar-refractivity contribution >= 4 is 60.5 Å². The molecule has 0 heterocycles. The molecule has 0 bridgehead atoms. The molecule has 0 spiro atoms. The number of rotatable bonds is 3. The van der Waals surface area contributed by atoms with Gasteiger partial charge in [-0.1, -0.05) is 23.2 Å². The van der Waals surface area contributed by atoms with Crippen molar-refractivity contribution in [2.75, 3.05) is 10.5 Å². The molecule has 3 N–H and O–H groups in total. The molecule has 21 heavy (non-hydrogen) atoms. The average molecular weight is 410 g/mol. The third-order valence-electron chi connectivity index (χ3n) is 2.70. The fourth-order valence-electron chi connectivity index (χ4n) is 1.71. The minimum Gasteiger partial charge on any atom is -0.397 e. The third-order valence-corrected chi connectivity index (χ3v) is 5.41. The number of benzene rings is 2. The van der Waals surface area contributed by atoms with Gasteiger partial charge in [-0.05, 0) is 58.7 Å². The van der Waals surface area contributed by atoms with E-state index in [1.807, 2.05) is 6.92 Å². The fourth-order valence-corrected chi connectivity index (χ4v) is 4.03. The number of nitrogen functional groups attached to an aromatic ring is 1. The summed E-state index contributed by atoms with van der Waals surface area (Å²) in [6.07, 6.45) is 0. The van der Waals surface area contributed by atoms with Crippen molar-refractivity contribution in [3.63, 3.8) is 0 Å². The summed E-state index contributed by atoms with van der Waals surface area (Å²) in [6.45, 7) is 1.86. The van der Waals surface area contributed by atoms with Gasteiger partial charge >= 0.3 is 0 Å². The Bertz CT molecular complexity index is 787. The number of hydrogen-bond acceptors (Lipinski definition) is 3. The van der Waals surface area contributed by atoms with Crippen molar-refractivity contribution in [2.45, 2.75) is 11.8 Å². The molecule has 2 aromatic carbocycles. The number of nitrogens with two attached hydrogens (primary N) is 1. The van der Waals surface area contributed by atoms with Gasteiger partial charge in [0.2, 0.25) is 0 Å². The van der Waals surface area contributed by atoms with Gasteiger partial charge in [-0.2, -0.15) is 0 Å². The van der Waals surface area contributed by atoms with Crippen molar-refractivity contribution in [1.29, 1.82) is 0 Å². The molecule has 0 fully saturated rings. The van der Waals surface area contributed by atoms with E-state index in [0.717, 1.165) is 5.56 Å². The quantitative estimate of drug-likeness (QED) is 0.735. The summed E-state index contributed by atoms with van der Waals surface area (Å²) < 4.78 is 27.7. The molecule has 0 saturated heterocycles. The summed E-state index contributed by atoms with van der Waals surface area (Å²) in [6, 6.07) is 7.52. The molecule has 0 aliphatic carbocycles. The lowest BCUT2D eigenvalue weighted by atomic mass is 10.2. The maximum atomic E-state index is 12.4. The Hall–Kier alpha value is -0.950. The summed E-state index contributed by atoms with van der Waals surface area (Å²) in [7, 11) is -3.81. The summed E-state index contributed by atoms with van der Waals surface area (Å²) >= 11 is 14.9. The molecule has 0 amide bonds. The molecular formula is C13H11BrCl2N2O2S. The highest BCUT2D eigenvalue weighted by Gasteiger charge is 2.18. The van der Waals surface area contributed by atoms with E-state index < -0.39 is 10.0 Å². The maximum absolute atomic E-state index is 12.4. The van der Waals surface area contributed by atoms with E-state index in [2.05, 4.69) is 20.7 Å². The second-order valence-corrected chi connectivity index (χ2v) is 7.74. The van der Waals surface area contributed by atoms with Gasteiger partial charge in [0.1, 0.15) is 0 Å². The fraction of sp³-hybridized carbons (Fsp3) is 0.0769. The van der Waals surface area contributed by atoms with Gasteiger partial charge in [-0.15, -0.1) is 0 Å². The van der Waals surface area contributed by atoms with E-state index in [1.165, 1.54) is 18.2 Å².